The Hall–Kier alpha value is -1.42. The smallest absolute Gasteiger partial charge is 0.186 e. The topological polar surface area (TPSA) is 129 Å². The third kappa shape index (κ3) is 4.35. The molecule has 0 radical (unpaired) electrons. The molecule has 1 aliphatic rings. The number of hydrogen-bond donors (Lipinski definition) is 5. The lowest BCUT2D eigenvalue weighted by atomic mass is 9.99. The van der Waals surface area contributed by atoms with E-state index in [1.165, 1.54) is 6.07 Å². The molecule has 0 unspecified atom stereocenters. The van der Waals surface area contributed by atoms with E-state index in [2.05, 4.69) is 0 Å². The lowest BCUT2D eigenvalue weighted by molar-refractivity contribution is -0.300. The summed E-state index contributed by atoms with van der Waals surface area (Å²) >= 11 is 0. The van der Waals surface area contributed by atoms with Crippen molar-refractivity contribution in [3.8, 4) is 11.5 Å². The molecule has 5 N–H and O–H groups in total. The third-order valence-corrected chi connectivity index (χ3v) is 3.85. The van der Waals surface area contributed by atoms with Gasteiger partial charge >= 0.3 is 0 Å². The van der Waals surface area contributed by atoms with Crippen LogP contribution in [0.5, 0.6) is 11.5 Å². The molecule has 1 fully saturated rings. The average Bonchev–Trinajstić information content (AvgIpc) is 2.58. The van der Waals surface area contributed by atoms with Crippen LogP contribution in [-0.4, -0.2) is 76.1 Å². The minimum absolute atomic E-state index is 0.0513. The molecule has 0 amide bonds. The van der Waals surface area contributed by atoms with Gasteiger partial charge in [-0.25, -0.2) is 0 Å². The molecular weight excluding hydrogens is 320 g/mol. The van der Waals surface area contributed by atoms with Crippen LogP contribution >= 0.6 is 0 Å². The monoisotopic (exact) mass is 344 g/mol. The van der Waals surface area contributed by atoms with Gasteiger partial charge in [-0.15, -0.1) is 0 Å². The van der Waals surface area contributed by atoms with E-state index in [9.17, 15) is 20.4 Å². The summed E-state index contributed by atoms with van der Waals surface area (Å²) in [5, 5.41) is 48.0. The largest absolute Gasteiger partial charge is 0.504 e. The Morgan fingerprint density at radius 3 is 2.54 bits per heavy atom. The predicted molar refractivity (Wildman–Crippen MR) is 82.7 cm³/mol. The van der Waals surface area contributed by atoms with E-state index in [0.29, 0.717) is 18.8 Å². The lowest BCUT2D eigenvalue weighted by Gasteiger charge is -2.39. The second-order valence-electron chi connectivity index (χ2n) is 5.55. The van der Waals surface area contributed by atoms with Crippen molar-refractivity contribution in [3.63, 3.8) is 0 Å². The lowest BCUT2D eigenvalue weighted by Crippen LogP contribution is -2.59. The molecule has 8 heteroatoms. The molecule has 8 nitrogen and oxygen atoms in total. The second-order valence-corrected chi connectivity index (χ2v) is 5.55. The summed E-state index contributed by atoms with van der Waals surface area (Å²) in [5.41, 5.74) is 0.848. The van der Waals surface area contributed by atoms with E-state index in [-0.39, 0.29) is 12.4 Å². The van der Waals surface area contributed by atoms with Crippen LogP contribution in [0.1, 0.15) is 12.5 Å². The average molecular weight is 344 g/mol. The van der Waals surface area contributed by atoms with Crippen molar-refractivity contribution >= 4 is 0 Å². The third-order valence-electron chi connectivity index (χ3n) is 3.85. The number of ether oxygens (including phenoxy) is 3. The van der Waals surface area contributed by atoms with E-state index in [1.54, 1.807) is 12.1 Å². The van der Waals surface area contributed by atoms with Gasteiger partial charge in [-0.1, -0.05) is 6.07 Å². The van der Waals surface area contributed by atoms with Gasteiger partial charge in [0.1, 0.15) is 24.4 Å². The summed E-state index contributed by atoms with van der Waals surface area (Å²) in [6, 6.07) is 4.93. The van der Waals surface area contributed by atoms with E-state index < -0.39 is 37.3 Å². The second kappa shape index (κ2) is 8.61. The first kappa shape index (κ1) is 18.9. The number of aromatic hydroxyl groups is 1. The van der Waals surface area contributed by atoms with Crippen molar-refractivity contribution in [3.05, 3.63) is 23.8 Å². The summed E-state index contributed by atoms with van der Waals surface area (Å²) < 4.78 is 16.0. The molecule has 24 heavy (non-hydrogen) atoms. The number of hydrogen-bond acceptors (Lipinski definition) is 8. The van der Waals surface area contributed by atoms with Crippen molar-refractivity contribution in [1.29, 1.82) is 0 Å². The Bertz CT molecular complexity index is 521. The first-order valence-electron chi connectivity index (χ1n) is 7.84. The van der Waals surface area contributed by atoms with Crippen LogP contribution in [0.25, 0.3) is 0 Å². The van der Waals surface area contributed by atoms with Crippen molar-refractivity contribution < 1.29 is 39.7 Å². The number of rotatable bonds is 7. The van der Waals surface area contributed by atoms with Crippen LogP contribution in [0.4, 0.5) is 0 Å². The van der Waals surface area contributed by atoms with Gasteiger partial charge in [0.2, 0.25) is 0 Å². The molecule has 0 bridgehead atoms. The number of benzene rings is 1. The molecular formula is C16H24O8. The standard InChI is InChI=1S/C16H24O8/c1-2-22-11-7-9(3-4-10(11)18)5-6-23-16-15(21)14(20)13(19)12(8-17)24-16/h3-4,7,12-21H,2,5-6,8H2,1H3/t12-,13+,14+,15-,16-/m1/s1. The summed E-state index contributed by atoms with van der Waals surface area (Å²) in [7, 11) is 0. The maximum Gasteiger partial charge on any atom is 0.186 e. The van der Waals surface area contributed by atoms with Crippen molar-refractivity contribution in [1.82, 2.24) is 0 Å². The van der Waals surface area contributed by atoms with Crippen LogP contribution in [-0.2, 0) is 15.9 Å². The van der Waals surface area contributed by atoms with Crippen LogP contribution in [0.15, 0.2) is 18.2 Å². The summed E-state index contributed by atoms with van der Waals surface area (Å²) in [6.45, 7) is 1.91. The molecule has 1 aromatic carbocycles. The first-order valence-corrected chi connectivity index (χ1v) is 7.84. The summed E-state index contributed by atoms with van der Waals surface area (Å²) in [4.78, 5) is 0. The van der Waals surface area contributed by atoms with Gasteiger partial charge in [-0.2, -0.15) is 0 Å². The molecule has 2 rings (SSSR count). The van der Waals surface area contributed by atoms with Crippen molar-refractivity contribution in [2.75, 3.05) is 19.8 Å². The van der Waals surface area contributed by atoms with Crippen LogP contribution in [0, 0.1) is 0 Å². The van der Waals surface area contributed by atoms with Gasteiger partial charge in [-0.3, -0.25) is 0 Å². The first-order chi connectivity index (χ1) is 11.5. The molecule has 136 valence electrons. The van der Waals surface area contributed by atoms with E-state index in [0.717, 1.165) is 5.56 Å². The summed E-state index contributed by atoms with van der Waals surface area (Å²) in [6.07, 6.45) is -5.97. The van der Waals surface area contributed by atoms with Gasteiger partial charge in [0.15, 0.2) is 17.8 Å². The van der Waals surface area contributed by atoms with Gasteiger partial charge in [0.05, 0.1) is 19.8 Å². The van der Waals surface area contributed by atoms with Crippen molar-refractivity contribution in [2.24, 2.45) is 0 Å². The van der Waals surface area contributed by atoms with Crippen LogP contribution in [0.3, 0.4) is 0 Å². The number of aliphatic hydroxyl groups is 4. The van der Waals surface area contributed by atoms with E-state index in [1.807, 2.05) is 6.92 Å². The fourth-order valence-electron chi connectivity index (χ4n) is 2.48. The zero-order valence-corrected chi connectivity index (χ0v) is 13.4. The molecule has 1 heterocycles. The Balaban J connectivity index is 1.90. The number of aliphatic hydroxyl groups excluding tert-OH is 4. The number of phenolic OH excluding ortho intramolecular Hbond substituents is 1. The SMILES string of the molecule is CCOc1cc(CCO[C@@H]2O[C@H](CO)[C@H](O)[C@H](O)[C@H]2O)ccc1O. The van der Waals surface area contributed by atoms with E-state index >= 15 is 0 Å². The molecule has 0 saturated carbocycles. The summed E-state index contributed by atoms with van der Waals surface area (Å²) in [5.74, 6) is 0.429. The van der Waals surface area contributed by atoms with Gasteiger partial charge in [0.25, 0.3) is 0 Å². The molecule has 1 aromatic rings. The molecule has 5 atom stereocenters. The quantitative estimate of drug-likeness (QED) is 0.433. The zero-order chi connectivity index (χ0) is 17.7. The Morgan fingerprint density at radius 2 is 1.88 bits per heavy atom. The Kier molecular flexibility index (Phi) is 6.79. The fourth-order valence-corrected chi connectivity index (χ4v) is 2.48. The highest BCUT2D eigenvalue weighted by Crippen LogP contribution is 2.27. The number of phenols is 1. The maximum atomic E-state index is 9.87. The highest BCUT2D eigenvalue weighted by atomic mass is 16.7. The van der Waals surface area contributed by atoms with Crippen LogP contribution in [0.2, 0.25) is 0 Å². The molecule has 0 aromatic heterocycles. The maximum absolute atomic E-state index is 9.87. The fraction of sp³-hybridized carbons (Fsp3) is 0.625. The Morgan fingerprint density at radius 1 is 1.12 bits per heavy atom. The molecule has 1 saturated heterocycles. The molecule has 0 spiro atoms. The highest BCUT2D eigenvalue weighted by molar-refractivity contribution is 5.41. The zero-order valence-electron chi connectivity index (χ0n) is 13.4. The Labute approximate surface area is 139 Å². The van der Waals surface area contributed by atoms with Crippen molar-refractivity contribution in [2.45, 2.75) is 44.1 Å². The molecule has 0 aliphatic carbocycles. The molecule has 1 aliphatic heterocycles. The van der Waals surface area contributed by atoms with Gasteiger partial charge in [0, 0.05) is 0 Å². The van der Waals surface area contributed by atoms with E-state index in [4.69, 9.17) is 19.3 Å². The minimum Gasteiger partial charge on any atom is -0.504 e. The van der Waals surface area contributed by atoms with Gasteiger partial charge in [-0.05, 0) is 31.0 Å². The normalized spacial score (nSPS) is 30.3. The predicted octanol–water partition coefficient (Wildman–Crippen LogP) is -0.850. The minimum atomic E-state index is -1.46. The van der Waals surface area contributed by atoms with Gasteiger partial charge < -0.3 is 39.7 Å². The highest BCUT2D eigenvalue weighted by Gasteiger charge is 2.43. The van der Waals surface area contributed by atoms with Crippen LogP contribution < -0.4 is 4.74 Å².